The fourth-order valence-corrected chi connectivity index (χ4v) is 2.62. The molecule has 0 radical (unpaired) electrons. The van der Waals surface area contributed by atoms with Crippen LogP contribution in [0.1, 0.15) is 34.6 Å². The van der Waals surface area contributed by atoms with E-state index in [9.17, 15) is 9.59 Å². The number of carbonyl (C=O) groups is 2. The van der Waals surface area contributed by atoms with Crippen LogP contribution in [0, 0.1) is 6.92 Å². The molecule has 0 saturated carbocycles. The Morgan fingerprint density at radius 1 is 1.45 bits per heavy atom. The first-order valence-electron chi connectivity index (χ1n) is 7.32. The lowest BCUT2D eigenvalue weighted by Gasteiger charge is -2.19. The number of aryl methyl sites for hydroxylation is 1. The molecule has 1 aromatic heterocycles. The number of amides is 2. The third-order valence-corrected chi connectivity index (χ3v) is 3.73. The van der Waals surface area contributed by atoms with Crippen molar-refractivity contribution in [3.8, 4) is 0 Å². The van der Waals surface area contributed by atoms with Gasteiger partial charge >= 0.3 is 0 Å². The molecule has 114 valence electrons. The number of imidazole rings is 1. The first-order chi connectivity index (χ1) is 10.6. The van der Waals surface area contributed by atoms with Gasteiger partial charge in [-0.05, 0) is 25.5 Å². The highest BCUT2D eigenvalue weighted by atomic mass is 16.2. The van der Waals surface area contributed by atoms with E-state index < -0.39 is 0 Å². The number of aromatic amines is 1. The van der Waals surface area contributed by atoms with E-state index in [1.54, 1.807) is 17.3 Å². The lowest BCUT2D eigenvalue weighted by Crippen LogP contribution is -2.29. The highest BCUT2D eigenvalue weighted by molar-refractivity contribution is 6.05. The van der Waals surface area contributed by atoms with Crippen LogP contribution in [0.5, 0.6) is 0 Å². The summed E-state index contributed by atoms with van der Waals surface area (Å²) in [5.74, 6) is 0.568. The van der Waals surface area contributed by atoms with Crippen molar-refractivity contribution in [2.45, 2.75) is 26.3 Å². The van der Waals surface area contributed by atoms with Crippen LogP contribution in [0.15, 0.2) is 30.6 Å². The van der Waals surface area contributed by atoms with E-state index in [0.717, 1.165) is 12.0 Å². The lowest BCUT2D eigenvalue weighted by molar-refractivity contribution is -0.117. The molecule has 2 N–H and O–H groups in total. The third-order valence-electron chi connectivity index (χ3n) is 3.73. The predicted molar refractivity (Wildman–Crippen MR) is 82.5 cm³/mol. The van der Waals surface area contributed by atoms with Gasteiger partial charge in [-0.3, -0.25) is 9.59 Å². The molecule has 0 atom stereocenters. The molecule has 1 aliphatic rings. The summed E-state index contributed by atoms with van der Waals surface area (Å²) in [6, 6.07) is 5.59. The van der Waals surface area contributed by atoms with Crippen LogP contribution >= 0.6 is 0 Å². The number of benzene rings is 1. The van der Waals surface area contributed by atoms with Gasteiger partial charge in [0.05, 0.1) is 17.8 Å². The Labute approximate surface area is 128 Å². The first kappa shape index (κ1) is 14.3. The second-order valence-electron chi connectivity index (χ2n) is 5.39. The van der Waals surface area contributed by atoms with Crippen molar-refractivity contribution >= 4 is 17.5 Å². The lowest BCUT2D eigenvalue weighted by atomic mass is 10.1. The fourth-order valence-electron chi connectivity index (χ4n) is 2.62. The van der Waals surface area contributed by atoms with Crippen molar-refractivity contribution in [1.82, 2.24) is 15.3 Å². The summed E-state index contributed by atoms with van der Waals surface area (Å²) in [4.78, 5) is 33.2. The smallest absolute Gasteiger partial charge is 0.253 e. The van der Waals surface area contributed by atoms with Gasteiger partial charge in [-0.15, -0.1) is 0 Å². The minimum absolute atomic E-state index is 0.0731. The number of anilines is 1. The van der Waals surface area contributed by atoms with Gasteiger partial charge in [0.1, 0.15) is 5.82 Å². The number of nitrogens with one attached hydrogen (secondary N) is 2. The maximum Gasteiger partial charge on any atom is 0.253 e. The van der Waals surface area contributed by atoms with Crippen molar-refractivity contribution < 1.29 is 9.59 Å². The van der Waals surface area contributed by atoms with Gasteiger partial charge in [-0.2, -0.15) is 0 Å². The molecule has 0 unspecified atom stereocenters. The molecule has 2 aromatic rings. The molecular formula is C16H18N4O2. The van der Waals surface area contributed by atoms with Gasteiger partial charge < -0.3 is 15.2 Å². The van der Waals surface area contributed by atoms with Crippen molar-refractivity contribution in [2.24, 2.45) is 0 Å². The van der Waals surface area contributed by atoms with E-state index >= 15 is 0 Å². The van der Waals surface area contributed by atoms with Crippen molar-refractivity contribution in [1.29, 1.82) is 0 Å². The number of hydrogen-bond acceptors (Lipinski definition) is 3. The number of carbonyl (C=O) groups excluding carboxylic acids is 2. The van der Waals surface area contributed by atoms with Gasteiger partial charge in [0.2, 0.25) is 5.91 Å². The Balaban J connectivity index is 1.83. The Bertz CT molecular complexity index is 694. The van der Waals surface area contributed by atoms with Crippen LogP contribution in [0.3, 0.4) is 0 Å². The largest absolute Gasteiger partial charge is 0.347 e. The predicted octanol–water partition coefficient (Wildman–Crippen LogP) is 1.77. The Morgan fingerprint density at radius 3 is 3.00 bits per heavy atom. The molecule has 2 amide bonds. The third kappa shape index (κ3) is 2.86. The van der Waals surface area contributed by atoms with E-state index in [-0.39, 0.29) is 11.8 Å². The average Bonchev–Trinajstić information content (AvgIpc) is 3.16. The van der Waals surface area contributed by atoms with Crippen LogP contribution in [-0.4, -0.2) is 28.3 Å². The zero-order valence-electron chi connectivity index (χ0n) is 12.4. The van der Waals surface area contributed by atoms with Crippen LogP contribution in [-0.2, 0) is 11.3 Å². The summed E-state index contributed by atoms with van der Waals surface area (Å²) in [6.07, 6.45) is 4.73. The topological polar surface area (TPSA) is 78.1 Å². The van der Waals surface area contributed by atoms with Gasteiger partial charge in [0.25, 0.3) is 5.91 Å². The second-order valence-corrected chi connectivity index (χ2v) is 5.39. The zero-order chi connectivity index (χ0) is 15.5. The van der Waals surface area contributed by atoms with Crippen LogP contribution in [0.25, 0.3) is 0 Å². The monoisotopic (exact) mass is 298 g/mol. The zero-order valence-corrected chi connectivity index (χ0v) is 12.4. The van der Waals surface area contributed by atoms with E-state index in [1.165, 1.54) is 0 Å². The van der Waals surface area contributed by atoms with Gasteiger partial charge in [-0.1, -0.05) is 11.6 Å². The van der Waals surface area contributed by atoms with E-state index in [0.29, 0.717) is 36.6 Å². The van der Waals surface area contributed by atoms with E-state index in [2.05, 4.69) is 15.3 Å². The number of hydrogen-bond donors (Lipinski definition) is 2. The maximum atomic E-state index is 12.5. The molecule has 1 fully saturated rings. The SMILES string of the molecule is Cc1ccc(N2CCCC2=O)c(C(=O)NCc2ncc[nH]2)c1. The van der Waals surface area contributed by atoms with E-state index in [1.807, 2.05) is 25.1 Å². The fraction of sp³-hybridized carbons (Fsp3) is 0.312. The van der Waals surface area contributed by atoms with Crippen molar-refractivity contribution in [3.05, 3.63) is 47.5 Å². The summed E-state index contributed by atoms with van der Waals surface area (Å²) in [5, 5.41) is 2.84. The normalized spacial score (nSPS) is 14.4. The minimum atomic E-state index is -0.199. The molecule has 2 heterocycles. The quantitative estimate of drug-likeness (QED) is 0.903. The second kappa shape index (κ2) is 6.01. The number of rotatable bonds is 4. The van der Waals surface area contributed by atoms with Crippen LogP contribution in [0.2, 0.25) is 0 Å². The molecular weight excluding hydrogens is 280 g/mol. The van der Waals surface area contributed by atoms with Crippen LogP contribution in [0.4, 0.5) is 5.69 Å². The summed E-state index contributed by atoms with van der Waals surface area (Å²) in [5.41, 5.74) is 2.20. The van der Waals surface area contributed by atoms with Gasteiger partial charge in [-0.25, -0.2) is 4.98 Å². The van der Waals surface area contributed by atoms with Crippen LogP contribution < -0.4 is 10.2 Å². The minimum Gasteiger partial charge on any atom is -0.347 e. The molecule has 3 rings (SSSR count). The van der Waals surface area contributed by atoms with Gasteiger partial charge in [0, 0.05) is 25.4 Å². The maximum absolute atomic E-state index is 12.5. The molecule has 22 heavy (non-hydrogen) atoms. The number of aromatic nitrogens is 2. The molecule has 0 aliphatic carbocycles. The molecule has 1 saturated heterocycles. The molecule has 1 aliphatic heterocycles. The standard InChI is InChI=1S/C16H18N4O2/c1-11-4-5-13(20-8-2-3-15(20)21)12(9-11)16(22)19-10-14-17-6-7-18-14/h4-7,9H,2-3,8,10H2,1H3,(H,17,18)(H,19,22). The highest BCUT2D eigenvalue weighted by Gasteiger charge is 2.25. The molecule has 6 nitrogen and oxygen atoms in total. The number of H-pyrrole nitrogens is 1. The summed E-state index contributed by atoms with van der Waals surface area (Å²) >= 11 is 0. The molecule has 0 spiro atoms. The molecule has 6 heteroatoms. The van der Waals surface area contributed by atoms with Crippen molar-refractivity contribution in [2.75, 3.05) is 11.4 Å². The Hall–Kier alpha value is -2.63. The van der Waals surface area contributed by atoms with Crippen molar-refractivity contribution in [3.63, 3.8) is 0 Å². The molecule has 0 bridgehead atoms. The summed E-state index contributed by atoms with van der Waals surface area (Å²) in [7, 11) is 0. The number of nitrogens with zero attached hydrogens (tertiary/aromatic N) is 2. The average molecular weight is 298 g/mol. The summed E-state index contributed by atoms with van der Waals surface area (Å²) < 4.78 is 0. The Morgan fingerprint density at radius 2 is 2.32 bits per heavy atom. The molecule has 1 aromatic carbocycles. The van der Waals surface area contributed by atoms with Gasteiger partial charge in [0.15, 0.2) is 0 Å². The Kier molecular flexibility index (Phi) is 3.91. The first-order valence-corrected chi connectivity index (χ1v) is 7.32. The highest BCUT2D eigenvalue weighted by Crippen LogP contribution is 2.26. The summed E-state index contributed by atoms with van der Waals surface area (Å²) in [6.45, 7) is 2.92. The van der Waals surface area contributed by atoms with E-state index in [4.69, 9.17) is 0 Å².